The van der Waals surface area contributed by atoms with Crippen LogP contribution in [0.1, 0.15) is 50.5 Å². The van der Waals surface area contributed by atoms with Gasteiger partial charge >= 0.3 is 12.1 Å². The van der Waals surface area contributed by atoms with Crippen molar-refractivity contribution in [2.75, 3.05) is 19.6 Å². The lowest BCUT2D eigenvalue weighted by Gasteiger charge is -2.38. The van der Waals surface area contributed by atoms with Gasteiger partial charge in [0.05, 0.1) is 12.5 Å². The summed E-state index contributed by atoms with van der Waals surface area (Å²) in [4.78, 5) is 26.1. The van der Waals surface area contributed by atoms with Crippen molar-refractivity contribution in [3.63, 3.8) is 0 Å². The summed E-state index contributed by atoms with van der Waals surface area (Å²) >= 11 is 0. The van der Waals surface area contributed by atoms with Gasteiger partial charge in [0, 0.05) is 37.2 Å². The van der Waals surface area contributed by atoms with Crippen molar-refractivity contribution < 1.29 is 32.3 Å². The van der Waals surface area contributed by atoms with Gasteiger partial charge in [0.2, 0.25) is 5.91 Å². The molecular weight excluding hydrogens is 389 g/mol. The predicted molar refractivity (Wildman–Crippen MR) is 97.9 cm³/mol. The molecule has 1 amide bonds. The highest BCUT2D eigenvalue weighted by atomic mass is 19.4. The molecule has 1 saturated carbocycles. The van der Waals surface area contributed by atoms with Crippen molar-refractivity contribution >= 4 is 11.9 Å². The lowest BCUT2D eigenvalue weighted by Crippen LogP contribution is -2.47. The molecule has 3 aliphatic rings. The number of amides is 1. The Balaban J connectivity index is 0.000000298. The van der Waals surface area contributed by atoms with E-state index in [0.717, 1.165) is 51.4 Å². The monoisotopic (exact) mass is 416 g/mol. The number of rotatable bonds is 4. The highest BCUT2D eigenvalue weighted by Gasteiger charge is 2.47. The molecule has 1 aromatic rings. The molecule has 162 valence electrons. The van der Waals surface area contributed by atoms with Gasteiger partial charge in [-0.3, -0.25) is 9.69 Å². The maximum absolute atomic E-state index is 12.4. The molecule has 3 fully saturated rings. The molecule has 9 heteroatoms. The Morgan fingerprint density at radius 2 is 1.97 bits per heavy atom. The second-order valence-electron chi connectivity index (χ2n) is 8.24. The molecule has 1 spiro atoms. The maximum atomic E-state index is 12.4. The predicted octanol–water partition coefficient (Wildman–Crippen LogP) is 3.67. The number of alkyl halides is 3. The van der Waals surface area contributed by atoms with Crippen LogP contribution in [0.25, 0.3) is 0 Å². The van der Waals surface area contributed by atoms with E-state index < -0.39 is 12.1 Å². The number of aliphatic carboxylic acids is 1. The van der Waals surface area contributed by atoms with Gasteiger partial charge in [0.25, 0.3) is 0 Å². The number of nitrogens with zero attached hydrogens (tertiary/aromatic N) is 2. The molecule has 0 bridgehead atoms. The molecule has 1 N–H and O–H groups in total. The number of likely N-dealkylation sites (tertiary alicyclic amines) is 2. The number of furan rings is 1. The third-order valence-corrected chi connectivity index (χ3v) is 6.05. The summed E-state index contributed by atoms with van der Waals surface area (Å²) in [6, 6.07) is 2.05. The molecular formula is C20H27F3N2O4. The van der Waals surface area contributed by atoms with Gasteiger partial charge in [0.15, 0.2) is 0 Å². The Labute approximate surface area is 167 Å². The van der Waals surface area contributed by atoms with Crippen molar-refractivity contribution in [1.82, 2.24) is 9.80 Å². The summed E-state index contributed by atoms with van der Waals surface area (Å²) in [5.41, 5.74) is 1.43. The Hall–Kier alpha value is -2.03. The van der Waals surface area contributed by atoms with Crippen molar-refractivity contribution in [2.24, 2.45) is 5.92 Å². The Kier molecular flexibility index (Phi) is 6.55. The van der Waals surface area contributed by atoms with Gasteiger partial charge in [-0.15, -0.1) is 0 Å². The van der Waals surface area contributed by atoms with Crippen molar-refractivity contribution in [3.05, 3.63) is 24.2 Å². The zero-order chi connectivity index (χ0) is 21.1. The van der Waals surface area contributed by atoms with Gasteiger partial charge in [0.1, 0.15) is 0 Å². The lowest BCUT2D eigenvalue weighted by atomic mass is 9.87. The summed E-state index contributed by atoms with van der Waals surface area (Å²) in [5.74, 6) is -1.55. The maximum Gasteiger partial charge on any atom is 0.490 e. The molecule has 3 heterocycles. The van der Waals surface area contributed by atoms with E-state index in [0.29, 0.717) is 5.91 Å². The van der Waals surface area contributed by atoms with Gasteiger partial charge < -0.3 is 14.4 Å². The van der Waals surface area contributed by atoms with E-state index in [-0.39, 0.29) is 5.54 Å². The quantitative estimate of drug-likeness (QED) is 0.811. The Morgan fingerprint density at radius 3 is 2.55 bits per heavy atom. The van der Waals surface area contributed by atoms with E-state index in [1.54, 1.807) is 6.26 Å². The molecule has 2 aliphatic heterocycles. The number of carboxylic acid groups (broad SMARTS) is 1. The normalized spacial score (nSPS) is 25.6. The summed E-state index contributed by atoms with van der Waals surface area (Å²) in [6.45, 7) is 4.24. The number of hydrogen-bond acceptors (Lipinski definition) is 4. The average molecular weight is 416 g/mol. The summed E-state index contributed by atoms with van der Waals surface area (Å²) in [5, 5.41) is 7.12. The smallest absolute Gasteiger partial charge is 0.475 e. The number of carbonyl (C=O) groups excluding carboxylic acids is 1. The van der Waals surface area contributed by atoms with Crippen LogP contribution in [0.2, 0.25) is 0 Å². The Morgan fingerprint density at radius 1 is 1.24 bits per heavy atom. The third kappa shape index (κ3) is 5.74. The highest BCUT2D eigenvalue weighted by molar-refractivity contribution is 5.79. The number of halogens is 3. The van der Waals surface area contributed by atoms with E-state index in [1.807, 2.05) is 6.26 Å². The highest BCUT2D eigenvalue weighted by Crippen LogP contribution is 2.42. The fraction of sp³-hybridized carbons (Fsp3) is 0.700. The van der Waals surface area contributed by atoms with E-state index in [1.165, 1.54) is 31.2 Å². The van der Waals surface area contributed by atoms with E-state index in [4.69, 9.17) is 14.3 Å². The van der Waals surface area contributed by atoms with Crippen LogP contribution >= 0.6 is 0 Å². The van der Waals surface area contributed by atoms with Crippen LogP contribution in [0.4, 0.5) is 13.2 Å². The fourth-order valence-corrected chi connectivity index (χ4v) is 4.28. The second kappa shape index (κ2) is 8.77. The summed E-state index contributed by atoms with van der Waals surface area (Å²) in [6.07, 6.45) is 6.55. The summed E-state index contributed by atoms with van der Waals surface area (Å²) < 4.78 is 36.9. The van der Waals surface area contributed by atoms with Crippen LogP contribution in [0, 0.1) is 5.92 Å². The lowest BCUT2D eigenvalue weighted by molar-refractivity contribution is -0.192. The SMILES string of the molecule is O=C(O)C(F)(F)F.O=C1CCC2(CCCN(Cc3ccoc3)CC2)N1CC1CC1. The van der Waals surface area contributed by atoms with Crippen LogP contribution in [0.3, 0.4) is 0 Å². The minimum absolute atomic E-state index is 0.171. The van der Waals surface area contributed by atoms with Gasteiger partial charge in [-0.25, -0.2) is 4.79 Å². The summed E-state index contributed by atoms with van der Waals surface area (Å²) in [7, 11) is 0. The van der Waals surface area contributed by atoms with Crippen LogP contribution in [-0.2, 0) is 16.1 Å². The molecule has 0 aromatic carbocycles. The number of carboxylic acids is 1. The first-order chi connectivity index (χ1) is 13.7. The topological polar surface area (TPSA) is 74.0 Å². The van der Waals surface area contributed by atoms with E-state index in [9.17, 15) is 18.0 Å². The minimum Gasteiger partial charge on any atom is -0.475 e. The van der Waals surface area contributed by atoms with Crippen LogP contribution < -0.4 is 0 Å². The van der Waals surface area contributed by atoms with Crippen LogP contribution in [-0.4, -0.2) is 58.1 Å². The molecule has 0 radical (unpaired) electrons. The fourth-order valence-electron chi connectivity index (χ4n) is 4.28. The van der Waals surface area contributed by atoms with Gasteiger partial charge in [-0.1, -0.05) is 0 Å². The standard InChI is InChI=1S/C18H26N2O2.C2HF3O2/c21-17-4-7-18(20(17)13-15-2-3-15)6-1-9-19(10-8-18)12-16-5-11-22-14-16;3-2(4,5)1(6)7/h5,11,14-15H,1-4,6-10,12-13H2;(H,6,7). The first-order valence-corrected chi connectivity index (χ1v) is 10.0. The largest absolute Gasteiger partial charge is 0.490 e. The Bertz CT molecular complexity index is 703. The van der Waals surface area contributed by atoms with Crippen molar-refractivity contribution in [1.29, 1.82) is 0 Å². The first kappa shape index (κ1) is 21.7. The molecule has 4 rings (SSSR count). The van der Waals surface area contributed by atoms with Gasteiger partial charge in [-0.05, 0) is 57.1 Å². The van der Waals surface area contributed by atoms with Gasteiger partial charge in [-0.2, -0.15) is 13.2 Å². The van der Waals surface area contributed by atoms with Crippen LogP contribution in [0.15, 0.2) is 23.0 Å². The minimum atomic E-state index is -5.08. The molecule has 1 atom stereocenters. The zero-order valence-corrected chi connectivity index (χ0v) is 16.3. The molecule has 6 nitrogen and oxygen atoms in total. The van der Waals surface area contributed by atoms with E-state index in [2.05, 4.69) is 15.9 Å². The number of hydrogen-bond donors (Lipinski definition) is 1. The van der Waals surface area contributed by atoms with Crippen molar-refractivity contribution in [2.45, 2.75) is 63.2 Å². The average Bonchev–Trinajstić information content (AvgIpc) is 3.30. The number of carbonyl (C=O) groups is 2. The van der Waals surface area contributed by atoms with Crippen LogP contribution in [0.5, 0.6) is 0 Å². The molecule has 1 unspecified atom stereocenters. The molecule has 1 aliphatic carbocycles. The molecule has 2 saturated heterocycles. The zero-order valence-electron chi connectivity index (χ0n) is 16.3. The first-order valence-electron chi connectivity index (χ1n) is 10.0. The molecule has 1 aromatic heterocycles. The van der Waals surface area contributed by atoms with Crippen molar-refractivity contribution in [3.8, 4) is 0 Å². The van der Waals surface area contributed by atoms with E-state index >= 15 is 0 Å². The second-order valence-corrected chi connectivity index (χ2v) is 8.24. The third-order valence-electron chi connectivity index (χ3n) is 6.05. The molecule has 29 heavy (non-hydrogen) atoms.